The van der Waals surface area contributed by atoms with Gasteiger partial charge in [-0.15, -0.1) is 6.58 Å². The molecule has 1 heterocycles. The van der Waals surface area contributed by atoms with E-state index in [0.29, 0.717) is 10.9 Å². The van der Waals surface area contributed by atoms with Gasteiger partial charge in [0.15, 0.2) is 0 Å². The lowest BCUT2D eigenvalue weighted by atomic mass is 10.0. The van der Waals surface area contributed by atoms with Gasteiger partial charge in [0.1, 0.15) is 29.5 Å². The first-order valence-corrected chi connectivity index (χ1v) is 11.5. The minimum absolute atomic E-state index is 0.00260. The highest BCUT2D eigenvalue weighted by molar-refractivity contribution is 7.92. The molecule has 0 aliphatic rings. The molecule has 0 unspecified atom stereocenters. The van der Waals surface area contributed by atoms with Crippen molar-refractivity contribution in [1.29, 1.82) is 0 Å². The summed E-state index contributed by atoms with van der Waals surface area (Å²) in [7, 11) is -2.20. The number of anilines is 1. The quantitative estimate of drug-likeness (QED) is 0.488. The molecule has 2 aromatic carbocycles. The average molecular weight is 459 g/mol. The molecule has 168 valence electrons. The molecule has 0 radical (unpaired) electrons. The van der Waals surface area contributed by atoms with Crippen LogP contribution in [0.5, 0.6) is 5.75 Å². The predicted molar refractivity (Wildman–Crippen MR) is 123 cm³/mol. The van der Waals surface area contributed by atoms with E-state index in [2.05, 4.69) is 18.5 Å². The number of nitrogens with one attached hydrogen (secondary N) is 1. The minimum atomic E-state index is -3.68. The monoisotopic (exact) mass is 458 g/mol. The van der Waals surface area contributed by atoms with E-state index in [9.17, 15) is 17.6 Å². The summed E-state index contributed by atoms with van der Waals surface area (Å²) >= 11 is 0. The number of sulfonamides is 1. The van der Waals surface area contributed by atoms with E-state index in [1.807, 2.05) is 0 Å². The predicted octanol–water partition coefficient (Wildman–Crippen LogP) is 4.12. The Morgan fingerprint density at radius 3 is 2.47 bits per heavy atom. The fourth-order valence-electron chi connectivity index (χ4n) is 3.26. The SMILES string of the molecule is C=CCOc1cc2c(C(=O)NC)c(-c3ccc(F)cc3)oc2cc1N(CC=C)S(C)(=O)=O. The molecule has 1 amide bonds. The number of rotatable bonds is 9. The Labute approximate surface area is 185 Å². The minimum Gasteiger partial charge on any atom is -0.487 e. The summed E-state index contributed by atoms with van der Waals surface area (Å²) in [6.07, 6.45) is 4.04. The van der Waals surface area contributed by atoms with Gasteiger partial charge in [-0.3, -0.25) is 9.10 Å². The molecular weight excluding hydrogens is 435 g/mol. The van der Waals surface area contributed by atoms with Gasteiger partial charge in [0.25, 0.3) is 5.91 Å². The van der Waals surface area contributed by atoms with Crippen molar-refractivity contribution >= 4 is 32.6 Å². The topological polar surface area (TPSA) is 88.8 Å². The molecule has 0 spiro atoms. The van der Waals surface area contributed by atoms with Crippen LogP contribution in [0.4, 0.5) is 10.1 Å². The third-order valence-corrected chi connectivity index (χ3v) is 5.80. The van der Waals surface area contributed by atoms with Gasteiger partial charge in [0, 0.05) is 24.1 Å². The zero-order chi connectivity index (χ0) is 23.5. The van der Waals surface area contributed by atoms with Crippen molar-refractivity contribution in [3.05, 3.63) is 73.1 Å². The first kappa shape index (κ1) is 23.1. The van der Waals surface area contributed by atoms with Crippen LogP contribution in [0.3, 0.4) is 0 Å². The fourth-order valence-corrected chi connectivity index (χ4v) is 4.13. The normalized spacial score (nSPS) is 11.2. The molecule has 3 aromatic rings. The number of halogens is 1. The average Bonchev–Trinajstić information content (AvgIpc) is 3.12. The second kappa shape index (κ2) is 9.27. The summed E-state index contributed by atoms with van der Waals surface area (Å²) in [4.78, 5) is 12.7. The van der Waals surface area contributed by atoms with Gasteiger partial charge in [-0.05, 0) is 30.3 Å². The number of carbonyl (C=O) groups is 1. The molecule has 0 saturated heterocycles. The molecule has 0 aliphatic carbocycles. The molecule has 0 aliphatic heterocycles. The van der Waals surface area contributed by atoms with Crippen LogP contribution in [0, 0.1) is 5.82 Å². The highest BCUT2D eigenvalue weighted by Crippen LogP contribution is 2.41. The van der Waals surface area contributed by atoms with Crippen molar-refractivity contribution in [3.8, 4) is 17.1 Å². The summed E-state index contributed by atoms with van der Waals surface area (Å²) in [6, 6.07) is 8.56. The number of hydrogen-bond donors (Lipinski definition) is 1. The van der Waals surface area contributed by atoms with E-state index in [1.165, 1.54) is 49.5 Å². The first-order valence-electron chi connectivity index (χ1n) is 9.62. The molecule has 0 saturated carbocycles. The Kier molecular flexibility index (Phi) is 6.69. The van der Waals surface area contributed by atoms with Crippen molar-refractivity contribution in [2.24, 2.45) is 0 Å². The summed E-state index contributed by atoms with van der Waals surface area (Å²) in [6.45, 7) is 7.36. The van der Waals surface area contributed by atoms with Crippen LogP contribution in [-0.2, 0) is 10.0 Å². The highest BCUT2D eigenvalue weighted by Gasteiger charge is 2.27. The zero-order valence-electron chi connectivity index (χ0n) is 17.7. The zero-order valence-corrected chi connectivity index (χ0v) is 18.5. The molecule has 9 heteroatoms. The third-order valence-electron chi connectivity index (χ3n) is 4.65. The lowest BCUT2D eigenvalue weighted by molar-refractivity contribution is 0.0964. The first-order chi connectivity index (χ1) is 15.2. The highest BCUT2D eigenvalue weighted by atomic mass is 32.2. The van der Waals surface area contributed by atoms with Gasteiger partial charge in [0.05, 0.1) is 24.1 Å². The van der Waals surface area contributed by atoms with Crippen molar-refractivity contribution in [2.75, 3.05) is 30.8 Å². The Morgan fingerprint density at radius 2 is 1.91 bits per heavy atom. The lowest BCUT2D eigenvalue weighted by Crippen LogP contribution is -2.30. The van der Waals surface area contributed by atoms with Crippen LogP contribution in [0.2, 0.25) is 0 Å². The number of furan rings is 1. The van der Waals surface area contributed by atoms with E-state index in [-0.39, 0.29) is 41.5 Å². The van der Waals surface area contributed by atoms with Gasteiger partial charge in [0.2, 0.25) is 10.0 Å². The van der Waals surface area contributed by atoms with Gasteiger partial charge in [-0.25, -0.2) is 12.8 Å². The van der Waals surface area contributed by atoms with Crippen LogP contribution >= 0.6 is 0 Å². The van der Waals surface area contributed by atoms with E-state index < -0.39 is 21.7 Å². The van der Waals surface area contributed by atoms with Crippen LogP contribution in [0.1, 0.15) is 10.4 Å². The molecule has 1 aromatic heterocycles. The molecule has 0 atom stereocenters. The Hall–Kier alpha value is -3.59. The molecule has 0 bridgehead atoms. The van der Waals surface area contributed by atoms with Crippen molar-refractivity contribution in [2.45, 2.75) is 0 Å². The fraction of sp³-hybridized carbons (Fsp3) is 0.174. The van der Waals surface area contributed by atoms with Crippen LogP contribution < -0.4 is 14.4 Å². The van der Waals surface area contributed by atoms with E-state index in [4.69, 9.17) is 9.15 Å². The molecule has 32 heavy (non-hydrogen) atoms. The molecule has 3 rings (SSSR count). The molecular formula is C23H23FN2O5S. The van der Waals surface area contributed by atoms with Crippen LogP contribution in [-0.4, -0.2) is 40.8 Å². The number of benzene rings is 2. The summed E-state index contributed by atoms with van der Waals surface area (Å²) in [5, 5.41) is 2.99. The van der Waals surface area contributed by atoms with E-state index >= 15 is 0 Å². The Morgan fingerprint density at radius 1 is 1.22 bits per heavy atom. The summed E-state index contributed by atoms with van der Waals surface area (Å²) in [5.41, 5.74) is 1.20. The summed E-state index contributed by atoms with van der Waals surface area (Å²) < 4.78 is 51.1. The summed E-state index contributed by atoms with van der Waals surface area (Å²) in [5.74, 6) is -0.402. The Bertz CT molecular complexity index is 1280. The largest absolute Gasteiger partial charge is 0.487 e. The smallest absolute Gasteiger partial charge is 0.255 e. The van der Waals surface area contributed by atoms with E-state index in [1.54, 1.807) is 6.07 Å². The number of ether oxygens (including phenoxy) is 1. The number of fused-ring (bicyclic) bond motifs is 1. The third kappa shape index (κ3) is 4.52. The second-order valence-electron chi connectivity index (χ2n) is 6.89. The van der Waals surface area contributed by atoms with Crippen molar-refractivity contribution in [3.63, 3.8) is 0 Å². The van der Waals surface area contributed by atoms with Crippen LogP contribution in [0.25, 0.3) is 22.3 Å². The maximum atomic E-state index is 13.4. The lowest BCUT2D eigenvalue weighted by Gasteiger charge is -2.23. The Balaban J connectivity index is 2.35. The number of amides is 1. The number of carbonyl (C=O) groups excluding carboxylic acids is 1. The molecule has 0 fully saturated rings. The van der Waals surface area contributed by atoms with Gasteiger partial charge in [-0.1, -0.05) is 18.7 Å². The molecule has 1 N–H and O–H groups in total. The second-order valence-corrected chi connectivity index (χ2v) is 8.80. The van der Waals surface area contributed by atoms with Crippen LogP contribution in [0.15, 0.2) is 66.1 Å². The van der Waals surface area contributed by atoms with Gasteiger partial charge in [-0.2, -0.15) is 0 Å². The van der Waals surface area contributed by atoms with E-state index in [0.717, 1.165) is 10.6 Å². The van der Waals surface area contributed by atoms with Gasteiger partial charge >= 0.3 is 0 Å². The maximum Gasteiger partial charge on any atom is 0.255 e. The molecule has 7 nitrogen and oxygen atoms in total. The van der Waals surface area contributed by atoms with Crippen molar-refractivity contribution < 1.29 is 26.8 Å². The number of nitrogens with zero attached hydrogens (tertiary/aromatic N) is 1. The maximum absolute atomic E-state index is 13.4. The number of hydrogen-bond acceptors (Lipinski definition) is 5. The van der Waals surface area contributed by atoms with Crippen molar-refractivity contribution in [1.82, 2.24) is 5.32 Å². The standard InChI is InChI=1S/C23H23FN2O5S/c1-5-11-26(32(4,28)29)18-14-19-17(13-20(18)30-12-6-2)21(23(27)25-3)22(31-19)15-7-9-16(24)10-8-15/h5-10,13-14H,1-2,11-12H2,3-4H3,(H,25,27). The van der Waals surface area contributed by atoms with Gasteiger partial charge < -0.3 is 14.5 Å².